The predicted octanol–water partition coefficient (Wildman–Crippen LogP) is 1.70. The number of rotatable bonds is 12. The van der Waals surface area contributed by atoms with E-state index in [1.807, 2.05) is 0 Å². The average Bonchev–Trinajstić information content (AvgIpc) is 2.90. The van der Waals surface area contributed by atoms with Crippen LogP contribution in [0.5, 0.6) is 0 Å². The number of amides is 2. The molecule has 37 heavy (non-hydrogen) atoms. The highest BCUT2D eigenvalue weighted by molar-refractivity contribution is 7.91. The average molecular weight is 569 g/mol. The third-order valence-electron chi connectivity index (χ3n) is 4.97. The van der Waals surface area contributed by atoms with Crippen molar-refractivity contribution >= 4 is 58.8 Å². The van der Waals surface area contributed by atoms with Gasteiger partial charge in [-0.1, -0.05) is 0 Å². The minimum atomic E-state index is -3.96. The van der Waals surface area contributed by atoms with Gasteiger partial charge in [0.05, 0.1) is 23.0 Å². The summed E-state index contributed by atoms with van der Waals surface area (Å²) in [6.45, 7) is 3.59. The second-order valence-corrected chi connectivity index (χ2v) is 10.2. The highest BCUT2D eigenvalue weighted by Gasteiger charge is 2.24. The zero-order chi connectivity index (χ0) is 27.6. The Morgan fingerprint density at radius 1 is 0.703 bits per heavy atom. The van der Waals surface area contributed by atoms with Gasteiger partial charge < -0.3 is 20.1 Å². The fourth-order valence-electron chi connectivity index (χ4n) is 3.03. The van der Waals surface area contributed by atoms with Crippen LogP contribution in [0.3, 0.4) is 0 Å². The van der Waals surface area contributed by atoms with Crippen LogP contribution in [0.25, 0.3) is 0 Å². The molecule has 0 aromatic heterocycles. The van der Waals surface area contributed by atoms with Gasteiger partial charge in [-0.25, -0.2) is 18.0 Å². The number of esters is 2. The molecule has 0 aliphatic carbocycles. The van der Waals surface area contributed by atoms with E-state index in [1.165, 1.54) is 48.5 Å². The number of carbonyl (C=O) groups is 4. The summed E-state index contributed by atoms with van der Waals surface area (Å²) in [4.78, 5) is 48.5. The first-order valence-electron chi connectivity index (χ1n) is 11.2. The first-order valence-corrected chi connectivity index (χ1v) is 14.0. The molecule has 2 unspecified atom stereocenters. The van der Waals surface area contributed by atoms with Crippen LogP contribution in [0.15, 0.2) is 58.3 Å². The van der Waals surface area contributed by atoms with Crippen LogP contribution in [0, 0.1) is 0 Å². The van der Waals surface area contributed by atoms with Gasteiger partial charge in [-0.15, -0.1) is 0 Å². The molecule has 0 saturated carbocycles. The van der Waals surface area contributed by atoms with E-state index in [2.05, 4.69) is 35.9 Å². The number of hydrogen-bond donors (Lipinski definition) is 4. The van der Waals surface area contributed by atoms with Crippen LogP contribution in [0.1, 0.15) is 34.6 Å². The molecule has 0 spiro atoms. The minimum absolute atomic E-state index is 0.0309. The lowest BCUT2D eigenvalue weighted by Gasteiger charge is -2.15. The summed E-state index contributed by atoms with van der Waals surface area (Å²) >= 11 is 8.09. The number of nitrogens with one attached hydrogen (secondary N) is 2. The van der Waals surface area contributed by atoms with Crippen LogP contribution in [-0.4, -0.2) is 69.0 Å². The Morgan fingerprint density at radius 2 is 1.03 bits per heavy atom. The van der Waals surface area contributed by atoms with Gasteiger partial charge in [0, 0.05) is 22.6 Å². The monoisotopic (exact) mass is 568 g/mol. The molecule has 2 N–H and O–H groups in total. The molecule has 0 saturated heterocycles. The van der Waals surface area contributed by atoms with E-state index in [0.29, 0.717) is 0 Å². The lowest BCUT2D eigenvalue weighted by molar-refractivity contribution is -0.145. The van der Waals surface area contributed by atoms with Gasteiger partial charge in [-0.2, -0.15) is 25.3 Å². The lowest BCUT2D eigenvalue weighted by atomic mass is 10.2. The van der Waals surface area contributed by atoms with Gasteiger partial charge in [-0.05, 0) is 62.4 Å². The second kappa shape index (κ2) is 14.1. The molecule has 2 amide bonds. The first-order chi connectivity index (χ1) is 17.6. The Morgan fingerprint density at radius 3 is 1.30 bits per heavy atom. The lowest BCUT2D eigenvalue weighted by Crippen LogP contribution is -2.43. The number of ether oxygens (including phenoxy) is 2. The van der Waals surface area contributed by atoms with Gasteiger partial charge in [0.15, 0.2) is 0 Å². The Kier molecular flexibility index (Phi) is 11.5. The largest absolute Gasteiger partial charge is 0.464 e. The number of benzene rings is 2. The van der Waals surface area contributed by atoms with E-state index in [-0.39, 0.29) is 45.6 Å². The Bertz CT molecular complexity index is 1130. The van der Waals surface area contributed by atoms with E-state index in [4.69, 9.17) is 9.47 Å². The fraction of sp³-hybridized carbons (Fsp3) is 0.333. The molecular weight excluding hydrogens is 540 g/mol. The van der Waals surface area contributed by atoms with Crippen molar-refractivity contribution in [3.8, 4) is 0 Å². The van der Waals surface area contributed by atoms with Crippen molar-refractivity contribution in [2.45, 2.75) is 35.7 Å². The molecule has 2 aromatic carbocycles. The molecule has 13 heteroatoms. The van der Waals surface area contributed by atoms with Crippen molar-refractivity contribution in [2.75, 3.05) is 24.7 Å². The van der Waals surface area contributed by atoms with Gasteiger partial charge >= 0.3 is 11.9 Å². The highest BCUT2D eigenvalue weighted by atomic mass is 32.2. The highest BCUT2D eigenvalue weighted by Crippen LogP contribution is 2.22. The summed E-state index contributed by atoms with van der Waals surface area (Å²) < 4.78 is 35.8. The molecule has 200 valence electrons. The van der Waals surface area contributed by atoms with Crippen molar-refractivity contribution in [1.29, 1.82) is 0 Å². The van der Waals surface area contributed by atoms with Crippen LogP contribution in [0.4, 0.5) is 0 Å². The van der Waals surface area contributed by atoms with Crippen LogP contribution in [-0.2, 0) is 28.9 Å². The molecule has 0 radical (unpaired) electrons. The van der Waals surface area contributed by atoms with Crippen molar-refractivity contribution in [3.63, 3.8) is 0 Å². The van der Waals surface area contributed by atoms with Gasteiger partial charge in [0.2, 0.25) is 9.84 Å². The number of sulfone groups is 1. The Balaban J connectivity index is 2.13. The molecule has 2 aromatic rings. The zero-order valence-electron chi connectivity index (χ0n) is 20.2. The maximum absolute atomic E-state index is 13.0. The summed E-state index contributed by atoms with van der Waals surface area (Å²) in [6.07, 6.45) is 0. The Hall–Kier alpha value is -3.03. The van der Waals surface area contributed by atoms with Crippen LogP contribution < -0.4 is 10.6 Å². The van der Waals surface area contributed by atoms with Crippen molar-refractivity contribution in [3.05, 3.63) is 59.7 Å². The van der Waals surface area contributed by atoms with Crippen LogP contribution in [0.2, 0.25) is 0 Å². The maximum atomic E-state index is 13.0. The topological polar surface area (TPSA) is 145 Å². The van der Waals surface area contributed by atoms with Gasteiger partial charge in [0.1, 0.15) is 12.1 Å². The summed E-state index contributed by atoms with van der Waals surface area (Å²) in [5.41, 5.74) is 0.282. The minimum Gasteiger partial charge on any atom is -0.464 e. The maximum Gasteiger partial charge on any atom is 0.329 e. The third-order valence-corrected chi connectivity index (χ3v) is 7.49. The van der Waals surface area contributed by atoms with E-state index in [9.17, 15) is 27.6 Å². The molecule has 0 aliphatic heterocycles. The zero-order valence-corrected chi connectivity index (χ0v) is 22.8. The summed E-state index contributed by atoms with van der Waals surface area (Å²) in [5, 5.41) is 4.99. The normalized spacial score (nSPS) is 12.6. The fourth-order valence-corrected chi connectivity index (χ4v) is 4.78. The molecular formula is C24H28N2O8S3. The van der Waals surface area contributed by atoms with Crippen molar-refractivity contribution in [2.24, 2.45) is 0 Å². The van der Waals surface area contributed by atoms with Crippen molar-refractivity contribution in [1.82, 2.24) is 10.6 Å². The van der Waals surface area contributed by atoms with E-state index < -0.39 is 45.7 Å². The van der Waals surface area contributed by atoms with Gasteiger partial charge in [0.25, 0.3) is 11.8 Å². The summed E-state index contributed by atoms with van der Waals surface area (Å²) in [6, 6.07) is 8.43. The number of thiol groups is 2. The smallest absolute Gasteiger partial charge is 0.329 e. The quantitative estimate of drug-likeness (QED) is 0.224. The van der Waals surface area contributed by atoms with Gasteiger partial charge in [-0.3, -0.25) is 9.59 Å². The van der Waals surface area contributed by atoms with Crippen LogP contribution >= 0.6 is 25.3 Å². The third kappa shape index (κ3) is 7.98. The molecule has 2 atom stereocenters. The second-order valence-electron chi connectivity index (χ2n) is 7.47. The molecule has 0 fully saturated rings. The summed E-state index contributed by atoms with van der Waals surface area (Å²) in [5.74, 6) is -2.36. The molecule has 0 bridgehead atoms. The molecule has 10 nitrogen and oxygen atoms in total. The number of carbonyl (C=O) groups excluding carboxylic acids is 4. The summed E-state index contributed by atoms with van der Waals surface area (Å²) in [7, 11) is -3.96. The molecule has 0 aliphatic rings. The number of hydrogen-bond acceptors (Lipinski definition) is 10. The van der Waals surface area contributed by atoms with E-state index in [1.54, 1.807) is 13.8 Å². The predicted molar refractivity (Wildman–Crippen MR) is 142 cm³/mol. The molecule has 0 heterocycles. The van der Waals surface area contributed by atoms with E-state index >= 15 is 0 Å². The van der Waals surface area contributed by atoms with Crippen molar-refractivity contribution < 1.29 is 37.1 Å². The SMILES string of the molecule is CCOC(=O)C(CS)NC(=O)c1ccc(S(=O)(=O)c2ccc(C(=O)NC(CS)C(=O)OCC)cc2)cc1. The first kappa shape index (κ1) is 30.2. The van der Waals surface area contributed by atoms with E-state index in [0.717, 1.165) is 0 Å². The molecule has 2 rings (SSSR count). The standard InChI is InChI=1S/C24H28N2O8S3/c1-3-33-23(29)19(13-35)25-21(27)15-5-9-17(10-6-15)37(31,32)18-11-7-16(8-12-18)22(28)26-20(14-36)24(30)34-4-2/h5-12,19-20,35-36H,3-4,13-14H2,1-2H3,(H,25,27)(H,26,28). The Labute approximate surface area is 226 Å².